The van der Waals surface area contributed by atoms with Gasteiger partial charge in [0, 0.05) is 25.7 Å². The molecule has 8 bridgehead atoms. The van der Waals surface area contributed by atoms with Crippen molar-refractivity contribution >= 4 is 90.5 Å². The van der Waals surface area contributed by atoms with Crippen LogP contribution in [0.4, 0.5) is 0 Å². The predicted molar refractivity (Wildman–Crippen MR) is 289 cm³/mol. The summed E-state index contributed by atoms with van der Waals surface area (Å²) in [7, 11) is 0. The standard InChI is InChI=1S/C56H68N8S4/c1-5-9-13-17-29-61-37-65-33-49(61)53-41-21-23-43(57-41)54(50-34-66-38-62(50)30-18-14-10-6-2)45-25-27-47(59-45)56(52-36-68-40-64(52)32-20-16-12-8-4)48-28-26-46(60-48)55(44-24-22-42(53)58-44)51-35-67-39-63(51)31-19-15-11-7-3/h21-28,33-40H,5-20,29-32H2,1-4H3/q+4. The molecule has 0 saturated heterocycles. The molecule has 0 unspecified atom stereocenters. The van der Waals surface area contributed by atoms with E-state index in [1.165, 1.54) is 77.0 Å². The summed E-state index contributed by atoms with van der Waals surface area (Å²) in [5, 5.41) is 9.19. The van der Waals surface area contributed by atoms with E-state index in [2.05, 4.69) is 138 Å². The second-order valence-corrected chi connectivity index (χ2v) is 21.2. The van der Waals surface area contributed by atoms with Crippen molar-refractivity contribution < 1.29 is 18.3 Å². The third kappa shape index (κ3) is 10.8. The molecule has 8 nitrogen and oxygen atoms in total. The molecule has 0 spiro atoms. The molecule has 0 aromatic carbocycles. The van der Waals surface area contributed by atoms with Crippen molar-refractivity contribution in [3.63, 3.8) is 0 Å². The lowest BCUT2D eigenvalue weighted by molar-refractivity contribution is -0.694. The Kier molecular flexibility index (Phi) is 16.7. The zero-order valence-corrected chi connectivity index (χ0v) is 43.9. The van der Waals surface area contributed by atoms with E-state index < -0.39 is 0 Å². The van der Waals surface area contributed by atoms with Crippen LogP contribution in [-0.4, -0.2) is 22.8 Å². The zero-order valence-electron chi connectivity index (χ0n) is 40.6. The number of nitrogens with zero attached hydrogens (tertiary/aromatic N) is 8. The van der Waals surface area contributed by atoms with E-state index in [0.29, 0.717) is 0 Å². The zero-order chi connectivity index (χ0) is 46.7. The largest absolute Gasteiger partial charge is 0.247 e. The van der Waals surface area contributed by atoms with Gasteiger partial charge < -0.3 is 0 Å². The van der Waals surface area contributed by atoms with Crippen LogP contribution in [0.1, 0.15) is 153 Å². The number of hydrogen-bond donors (Lipinski definition) is 0. The summed E-state index contributed by atoms with van der Waals surface area (Å²) in [5.74, 6) is 0. The lowest BCUT2D eigenvalue weighted by atomic mass is 10.0. The average Bonchev–Trinajstić information content (AvgIpc) is 4.20. The Morgan fingerprint density at radius 1 is 0.309 bits per heavy atom. The maximum absolute atomic E-state index is 5.66. The number of thiazole rings is 4. The van der Waals surface area contributed by atoms with Crippen LogP contribution in [0.2, 0.25) is 0 Å². The second kappa shape index (κ2) is 23.6. The molecule has 0 radical (unpaired) electrons. The van der Waals surface area contributed by atoms with Crippen molar-refractivity contribution in [2.24, 2.45) is 20.0 Å². The van der Waals surface area contributed by atoms with Gasteiger partial charge in [-0.25, -0.2) is 20.0 Å². The molecule has 0 N–H and O–H groups in total. The number of aryl methyl sites for hydroxylation is 4. The van der Waals surface area contributed by atoms with Crippen molar-refractivity contribution in [1.29, 1.82) is 0 Å². The lowest BCUT2D eigenvalue weighted by Gasteiger charge is -2.09. The minimum atomic E-state index is 0.929. The first-order chi connectivity index (χ1) is 33.6. The summed E-state index contributed by atoms with van der Waals surface area (Å²) in [6.45, 7) is 13.0. The van der Waals surface area contributed by atoms with Crippen LogP contribution in [0, 0.1) is 0 Å². The van der Waals surface area contributed by atoms with Gasteiger partial charge in [0.2, 0.25) is 44.8 Å². The van der Waals surface area contributed by atoms with Crippen LogP contribution < -0.4 is 18.3 Å². The van der Waals surface area contributed by atoms with E-state index >= 15 is 0 Å². The fourth-order valence-electron chi connectivity index (χ4n) is 9.65. The van der Waals surface area contributed by atoms with Crippen LogP contribution >= 0.6 is 45.3 Å². The molecule has 0 atom stereocenters. The van der Waals surface area contributed by atoms with Gasteiger partial charge in [-0.2, -0.15) is 18.3 Å². The summed E-state index contributed by atoms with van der Waals surface area (Å²) < 4.78 is 9.75. The van der Waals surface area contributed by atoms with Crippen LogP contribution in [0.25, 0.3) is 22.3 Å². The third-order valence-electron chi connectivity index (χ3n) is 13.4. The maximum atomic E-state index is 5.66. The molecule has 12 heteroatoms. The monoisotopic (exact) mass is 980 g/mol. The smallest absolute Gasteiger partial charge is 0.227 e. The SMILES string of the molecule is CCCCCC[n+]1cscc1C1=C2C=CC(=N2)C(c2csc[n+]2CCCCCC)=C2C=CC(=N2)C(c2csc[n+]2CCCCCC)=C2C=CC(=N2)C(c2csc[n+]2CCCCCC)=C2C=CC1=N2. The van der Waals surface area contributed by atoms with Gasteiger partial charge in [0.15, 0.2) is 0 Å². The third-order valence-corrected chi connectivity index (χ3v) is 16.3. The molecule has 4 aromatic rings. The molecular formula is C56H68N8S4+4. The minimum absolute atomic E-state index is 0.929. The van der Waals surface area contributed by atoms with Gasteiger partial charge in [0.1, 0.15) is 26.2 Å². The van der Waals surface area contributed by atoms with Crippen LogP contribution in [-0.2, 0) is 26.2 Å². The molecule has 0 saturated carbocycles. The van der Waals surface area contributed by atoms with Gasteiger partial charge in [-0.15, -0.1) is 0 Å². The first-order valence-corrected chi connectivity index (χ1v) is 29.3. The number of allylic oxidation sites excluding steroid dienone is 12. The quantitative estimate of drug-likeness (QED) is 0.0496. The van der Waals surface area contributed by atoms with E-state index in [1.807, 2.05) is 0 Å². The van der Waals surface area contributed by atoms with E-state index in [0.717, 1.165) is 143 Å². The van der Waals surface area contributed by atoms with E-state index in [9.17, 15) is 0 Å². The van der Waals surface area contributed by atoms with Crippen molar-refractivity contribution in [2.45, 2.75) is 157 Å². The molecule has 9 heterocycles. The number of rotatable bonds is 24. The van der Waals surface area contributed by atoms with E-state index in [4.69, 9.17) is 20.0 Å². The lowest BCUT2D eigenvalue weighted by Crippen LogP contribution is -2.36. The normalized spacial score (nSPS) is 16.4. The van der Waals surface area contributed by atoms with Gasteiger partial charge in [-0.1, -0.05) is 124 Å². The fourth-order valence-corrected chi connectivity index (χ4v) is 12.9. The summed E-state index contributed by atoms with van der Waals surface area (Å²) in [5.41, 5.74) is 25.4. The molecule has 352 valence electrons. The summed E-state index contributed by atoms with van der Waals surface area (Å²) in [4.78, 5) is 22.6. The first kappa shape index (κ1) is 48.2. The van der Waals surface area contributed by atoms with Crippen LogP contribution in [0.3, 0.4) is 0 Å². The highest BCUT2D eigenvalue weighted by Crippen LogP contribution is 2.38. The van der Waals surface area contributed by atoms with Gasteiger partial charge in [0.05, 0.1) is 89.4 Å². The van der Waals surface area contributed by atoms with E-state index in [-0.39, 0.29) is 0 Å². The summed E-state index contributed by atoms with van der Waals surface area (Å²) in [6.07, 6.45) is 37.1. The Labute approximate surface area is 420 Å². The Morgan fingerprint density at radius 2 is 0.544 bits per heavy atom. The van der Waals surface area contributed by atoms with Crippen molar-refractivity contribution in [2.75, 3.05) is 0 Å². The Hall–Kier alpha value is -4.88. The topological polar surface area (TPSA) is 65.0 Å². The van der Waals surface area contributed by atoms with Crippen LogP contribution in [0.15, 0.2) is 135 Å². The van der Waals surface area contributed by atoms with Gasteiger partial charge in [-0.05, 0) is 74.3 Å². The Morgan fingerprint density at radius 3 is 0.765 bits per heavy atom. The van der Waals surface area contributed by atoms with Crippen molar-refractivity contribution in [3.8, 4) is 0 Å². The number of unbranched alkanes of at least 4 members (excludes halogenated alkanes) is 12. The van der Waals surface area contributed by atoms with Gasteiger partial charge in [-0.3, -0.25) is 0 Å². The minimum Gasteiger partial charge on any atom is -0.247 e. The van der Waals surface area contributed by atoms with Gasteiger partial charge >= 0.3 is 0 Å². The molecule has 5 aliphatic heterocycles. The molecule has 4 aromatic heterocycles. The van der Waals surface area contributed by atoms with E-state index in [1.54, 1.807) is 45.3 Å². The molecule has 9 rings (SSSR count). The fraction of sp³-hybridized carbons (Fsp3) is 0.429. The summed E-state index contributed by atoms with van der Waals surface area (Å²) in [6, 6.07) is 0. The molecular weight excluding hydrogens is 913 g/mol. The highest BCUT2D eigenvalue weighted by atomic mass is 32.1. The number of aliphatic imine (C=N–C) groups is 4. The number of aromatic nitrogens is 4. The number of fused-ring (bicyclic) bond motifs is 4. The molecule has 5 aliphatic rings. The number of hydrogen-bond acceptors (Lipinski definition) is 8. The first-order valence-electron chi connectivity index (χ1n) is 25.5. The molecule has 0 amide bonds. The molecule has 0 aliphatic carbocycles. The van der Waals surface area contributed by atoms with Gasteiger partial charge in [0.25, 0.3) is 0 Å². The second-order valence-electron chi connectivity index (χ2n) is 18.4. The average molecular weight is 981 g/mol. The Bertz CT molecular complexity index is 2470. The summed E-state index contributed by atoms with van der Waals surface area (Å²) >= 11 is 7.02. The van der Waals surface area contributed by atoms with Crippen LogP contribution in [0.5, 0.6) is 0 Å². The molecule has 68 heavy (non-hydrogen) atoms. The molecule has 0 fully saturated rings. The van der Waals surface area contributed by atoms with Crippen molar-refractivity contribution in [1.82, 2.24) is 0 Å². The highest BCUT2D eigenvalue weighted by molar-refractivity contribution is 7.08. The maximum Gasteiger partial charge on any atom is 0.227 e. The van der Waals surface area contributed by atoms with Crippen molar-refractivity contribution in [3.05, 3.63) is 138 Å². The Balaban J connectivity index is 1.27. The predicted octanol–water partition coefficient (Wildman–Crippen LogP) is 13.4. The highest BCUT2D eigenvalue weighted by Gasteiger charge is 2.35.